The molecule has 0 N–H and O–H groups in total. The molecule has 6 heteroatoms. The number of unbranched alkanes of at least 4 members (excludes halogenated alkanes) is 31. The number of rotatable bonds is 48. The Morgan fingerprint density at radius 3 is 1.00 bits per heavy atom. The summed E-state index contributed by atoms with van der Waals surface area (Å²) >= 11 is 0. The highest BCUT2D eigenvalue weighted by Gasteiger charge is 2.19. The molecule has 0 aliphatic rings. The summed E-state index contributed by atoms with van der Waals surface area (Å²) in [6.45, 7) is 6.59. The standard InChI is InChI=1S/C55H100O6/c1-4-7-10-13-16-19-22-24-25-26-27-28-29-31-33-36-39-42-45-48-54(57)60-51-52(50-59-53(56)47-44-41-38-35-32-21-18-15-12-9-6-3)61-55(58)49-46-43-40-37-34-30-23-20-17-14-11-8-5-2/h15-16,18-19,24-25,52H,4-14,17,20-23,26-51H2,1-3H3/b18-15-,19-16-,25-24-/t52-/m1/s1. The van der Waals surface area contributed by atoms with Crippen molar-refractivity contribution in [3.05, 3.63) is 36.5 Å². The number of esters is 3. The lowest BCUT2D eigenvalue weighted by Crippen LogP contribution is -2.30. The molecule has 0 rings (SSSR count). The number of carbonyl (C=O) groups excluding carboxylic acids is 3. The SMILES string of the molecule is CCCC/C=C\CCCCCCCC(=O)OC[C@H](COC(=O)CCCCCCCCCCC/C=C\C/C=C\CCCCC)OC(=O)CCCCCCCCCCCCCCC. The van der Waals surface area contributed by atoms with E-state index in [2.05, 4.69) is 57.2 Å². The summed E-state index contributed by atoms with van der Waals surface area (Å²) < 4.78 is 16.8. The zero-order valence-electron chi connectivity index (χ0n) is 40.7. The summed E-state index contributed by atoms with van der Waals surface area (Å²) in [5.74, 6) is -0.877. The van der Waals surface area contributed by atoms with Gasteiger partial charge in [-0.2, -0.15) is 0 Å². The van der Waals surface area contributed by atoms with Crippen molar-refractivity contribution >= 4 is 17.9 Å². The second-order valence-electron chi connectivity index (χ2n) is 17.8. The van der Waals surface area contributed by atoms with Crippen LogP contribution < -0.4 is 0 Å². The van der Waals surface area contributed by atoms with Crippen LogP contribution in [0, 0.1) is 0 Å². The molecule has 0 spiro atoms. The second kappa shape index (κ2) is 50.3. The van der Waals surface area contributed by atoms with Crippen LogP contribution >= 0.6 is 0 Å². The lowest BCUT2D eigenvalue weighted by Gasteiger charge is -2.18. The van der Waals surface area contributed by atoms with Crippen LogP contribution in [0.25, 0.3) is 0 Å². The molecule has 0 aliphatic carbocycles. The van der Waals surface area contributed by atoms with Gasteiger partial charge in [0.05, 0.1) is 0 Å². The third-order valence-electron chi connectivity index (χ3n) is 11.6. The summed E-state index contributed by atoms with van der Waals surface area (Å²) in [6, 6.07) is 0. The molecule has 356 valence electrons. The average molecular weight is 857 g/mol. The van der Waals surface area contributed by atoms with Gasteiger partial charge >= 0.3 is 17.9 Å². The Morgan fingerprint density at radius 2 is 0.607 bits per heavy atom. The van der Waals surface area contributed by atoms with Crippen molar-refractivity contribution in [1.29, 1.82) is 0 Å². The Hall–Kier alpha value is -2.37. The molecular weight excluding hydrogens is 757 g/mol. The number of hydrogen-bond donors (Lipinski definition) is 0. The Kier molecular flexibility index (Phi) is 48.3. The fourth-order valence-electron chi connectivity index (χ4n) is 7.57. The monoisotopic (exact) mass is 857 g/mol. The molecule has 0 fully saturated rings. The molecule has 1 atom stereocenters. The van der Waals surface area contributed by atoms with Crippen LogP contribution in [-0.4, -0.2) is 37.2 Å². The summed E-state index contributed by atoms with van der Waals surface area (Å²) in [5, 5.41) is 0. The summed E-state index contributed by atoms with van der Waals surface area (Å²) in [6.07, 6.45) is 58.4. The lowest BCUT2D eigenvalue weighted by molar-refractivity contribution is -0.167. The van der Waals surface area contributed by atoms with Crippen LogP contribution in [0.5, 0.6) is 0 Å². The topological polar surface area (TPSA) is 78.9 Å². The van der Waals surface area contributed by atoms with Gasteiger partial charge in [0.1, 0.15) is 13.2 Å². The number of ether oxygens (including phenoxy) is 3. The van der Waals surface area contributed by atoms with Crippen molar-refractivity contribution < 1.29 is 28.6 Å². The minimum absolute atomic E-state index is 0.0741. The molecule has 0 aromatic rings. The third kappa shape index (κ3) is 48.5. The third-order valence-corrected chi connectivity index (χ3v) is 11.6. The van der Waals surface area contributed by atoms with E-state index < -0.39 is 6.10 Å². The van der Waals surface area contributed by atoms with E-state index in [4.69, 9.17) is 14.2 Å². The largest absolute Gasteiger partial charge is 0.462 e. The van der Waals surface area contributed by atoms with Crippen LogP contribution in [0.15, 0.2) is 36.5 Å². The maximum atomic E-state index is 12.8. The molecule has 0 unspecified atom stereocenters. The molecule has 0 bridgehead atoms. The van der Waals surface area contributed by atoms with E-state index in [-0.39, 0.29) is 31.1 Å². The van der Waals surface area contributed by atoms with Gasteiger partial charge in [-0.1, -0.05) is 224 Å². The van der Waals surface area contributed by atoms with Gasteiger partial charge in [0, 0.05) is 19.3 Å². The van der Waals surface area contributed by atoms with Crippen LogP contribution in [0.3, 0.4) is 0 Å². The summed E-state index contributed by atoms with van der Waals surface area (Å²) in [5.41, 5.74) is 0. The molecule has 0 aromatic carbocycles. The van der Waals surface area contributed by atoms with Gasteiger partial charge in [0.25, 0.3) is 0 Å². The zero-order valence-corrected chi connectivity index (χ0v) is 40.7. The highest BCUT2D eigenvalue weighted by Crippen LogP contribution is 2.16. The second-order valence-corrected chi connectivity index (χ2v) is 17.8. The van der Waals surface area contributed by atoms with E-state index in [9.17, 15) is 14.4 Å². The van der Waals surface area contributed by atoms with Crippen molar-refractivity contribution in [3.8, 4) is 0 Å². The molecule has 0 aliphatic heterocycles. The average Bonchev–Trinajstić information content (AvgIpc) is 3.26. The molecule has 0 saturated heterocycles. The van der Waals surface area contributed by atoms with E-state index in [1.807, 2.05) is 0 Å². The quantitative estimate of drug-likeness (QED) is 0.0262. The van der Waals surface area contributed by atoms with E-state index in [0.29, 0.717) is 19.3 Å². The van der Waals surface area contributed by atoms with E-state index in [1.165, 1.54) is 167 Å². The lowest BCUT2D eigenvalue weighted by atomic mass is 10.0. The normalized spacial score (nSPS) is 12.2. The van der Waals surface area contributed by atoms with Gasteiger partial charge in [0.15, 0.2) is 6.10 Å². The molecule has 0 saturated carbocycles. The van der Waals surface area contributed by atoms with Crippen LogP contribution in [0.1, 0.15) is 278 Å². The number of hydrogen-bond acceptors (Lipinski definition) is 6. The Morgan fingerprint density at radius 1 is 0.328 bits per heavy atom. The smallest absolute Gasteiger partial charge is 0.306 e. The fraction of sp³-hybridized carbons (Fsp3) is 0.836. The first kappa shape index (κ1) is 58.6. The van der Waals surface area contributed by atoms with Crippen LogP contribution in [-0.2, 0) is 28.6 Å². The predicted molar refractivity (Wildman–Crippen MR) is 261 cm³/mol. The van der Waals surface area contributed by atoms with E-state index in [0.717, 1.165) is 70.6 Å². The summed E-state index contributed by atoms with van der Waals surface area (Å²) in [4.78, 5) is 37.9. The van der Waals surface area contributed by atoms with E-state index >= 15 is 0 Å². The van der Waals surface area contributed by atoms with Crippen molar-refractivity contribution in [2.75, 3.05) is 13.2 Å². The maximum Gasteiger partial charge on any atom is 0.306 e. The zero-order chi connectivity index (χ0) is 44.4. The van der Waals surface area contributed by atoms with Crippen LogP contribution in [0.4, 0.5) is 0 Å². The molecule has 0 radical (unpaired) electrons. The first-order valence-electron chi connectivity index (χ1n) is 26.5. The molecule has 0 aromatic heterocycles. The Labute approximate surface area is 378 Å². The molecule has 6 nitrogen and oxygen atoms in total. The number of allylic oxidation sites excluding steroid dienone is 6. The van der Waals surface area contributed by atoms with Crippen LogP contribution in [0.2, 0.25) is 0 Å². The van der Waals surface area contributed by atoms with Crippen molar-refractivity contribution in [2.45, 2.75) is 284 Å². The highest BCUT2D eigenvalue weighted by molar-refractivity contribution is 5.71. The Balaban J connectivity index is 4.30. The van der Waals surface area contributed by atoms with Gasteiger partial charge in [-0.05, 0) is 70.6 Å². The molecular formula is C55H100O6. The van der Waals surface area contributed by atoms with Gasteiger partial charge < -0.3 is 14.2 Å². The van der Waals surface area contributed by atoms with Crippen molar-refractivity contribution in [1.82, 2.24) is 0 Å². The van der Waals surface area contributed by atoms with E-state index in [1.54, 1.807) is 0 Å². The Bertz CT molecular complexity index is 1030. The van der Waals surface area contributed by atoms with Crippen molar-refractivity contribution in [3.63, 3.8) is 0 Å². The minimum atomic E-state index is -0.772. The predicted octanol–water partition coefficient (Wildman–Crippen LogP) is 17.3. The minimum Gasteiger partial charge on any atom is -0.462 e. The fourth-order valence-corrected chi connectivity index (χ4v) is 7.57. The van der Waals surface area contributed by atoms with Gasteiger partial charge in [-0.25, -0.2) is 0 Å². The first-order valence-corrected chi connectivity index (χ1v) is 26.5. The van der Waals surface area contributed by atoms with Gasteiger partial charge in [-0.15, -0.1) is 0 Å². The summed E-state index contributed by atoms with van der Waals surface area (Å²) in [7, 11) is 0. The molecule has 0 amide bonds. The highest BCUT2D eigenvalue weighted by atomic mass is 16.6. The van der Waals surface area contributed by atoms with Gasteiger partial charge in [-0.3, -0.25) is 14.4 Å². The molecule has 61 heavy (non-hydrogen) atoms. The first-order chi connectivity index (χ1) is 30.0. The maximum absolute atomic E-state index is 12.8. The number of carbonyl (C=O) groups is 3. The van der Waals surface area contributed by atoms with Gasteiger partial charge in [0.2, 0.25) is 0 Å². The molecule has 0 heterocycles. The van der Waals surface area contributed by atoms with Crippen molar-refractivity contribution in [2.24, 2.45) is 0 Å².